The van der Waals surface area contributed by atoms with E-state index in [0.29, 0.717) is 5.69 Å². The first kappa shape index (κ1) is 16.7. The van der Waals surface area contributed by atoms with Crippen LogP contribution in [0.3, 0.4) is 0 Å². The molecule has 2 saturated heterocycles. The third-order valence-electron chi connectivity index (χ3n) is 5.75. The number of hydrogen-bond donors (Lipinski definition) is 0. The lowest BCUT2D eigenvalue weighted by molar-refractivity contribution is 0.0741. The van der Waals surface area contributed by atoms with Gasteiger partial charge in [0.05, 0.1) is 5.51 Å². The summed E-state index contributed by atoms with van der Waals surface area (Å²) in [5, 5.41) is 1.86. The Bertz CT molecular complexity index is 703. The number of likely N-dealkylation sites (tertiary alicyclic amines) is 2. The van der Waals surface area contributed by atoms with E-state index in [1.54, 1.807) is 5.51 Å². The van der Waals surface area contributed by atoms with Crippen LogP contribution in [-0.4, -0.2) is 52.4 Å². The molecule has 0 N–H and O–H groups in total. The van der Waals surface area contributed by atoms with Gasteiger partial charge in [-0.2, -0.15) is 0 Å². The maximum atomic E-state index is 12.6. The second-order valence-electron chi connectivity index (χ2n) is 7.25. The molecule has 25 heavy (non-hydrogen) atoms. The molecule has 1 spiro atoms. The Labute approximate surface area is 153 Å². The fourth-order valence-electron chi connectivity index (χ4n) is 4.43. The van der Waals surface area contributed by atoms with E-state index in [2.05, 4.69) is 40.2 Å². The van der Waals surface area contributed by atoms with E-state index in [1.807, 2.05) is 10.3 Å². The van der Waals surface area contributed by atoms with Gasteiger partial charge in [0, 0.05) is 24.0 Å². The molecule has 132 valence electrons. The normalized spacial score (nSPS) is 23.6. The molecular formula is C20H25N3OS. The Kier molecular flexibility index (Phi) is 4.86. The molecule has 1 amide bonds. The molecule has 2 fully saturated rings. The molecule has 0 radical (unpaired) electrons. The van der Waals surface area contributed by atoms with E-state index in [-0.39, 0.29) is 11.4 Å². The second kappa shape index (κ2) is 7.26. The van der Waals surface area contributed by atoms with Gasteiger partial charge in [0.2, 0.25) is 0 Å². The lowest BCUT2D eigenvalue weighted by Crippen LogP contribution is -2.47. The summed E-state index contributed by atoms with van der Waals surface area (Å²) in [4.78, 5) is 21.5. The maximum absolute atomic E-state index is 12.6. The molecular weight excluding hydrogens is 330 g/mol. The summed E-state index contributed by atoms with van der Waals surface area (Å²) in [5.74, 6) is 0.106. The van der Waals surface area contributed by atoms with Crippen LogP contribution in [0.15, 0.2) is 41.2 Å². The van der Waals surface area contributed by atoms with Gasteiger partial charge in [-0.05, 0) is 50.8 Å². The molecule has 0 aliphatic carbocycles. The highest BCUT2D eigenvalue weighted by Gasteiger charge is 2.46. The molecule has 2 aliphatic rings. The molecule has 3 heterocycles. The van der Waals surface area contributed by atoms with Crippen molar-refractivity contribution in [2.24, 2.45) is 0 Å². The molecule has 2 aromatic rings. The third-order valence-corrected chi connectivity index (χ3v) is 6.33. The molecule has 0 bridgehead atoms. The van der Waals surface area contributed by atoms with E-state index >= 15 is 0 Å². The Morgan fingerprint density at radius 2 is 2.08 bits per heavy atom. The Morgan fingerprint density at radius 3 is 2.88 bits per heavy atom. The number of rotatable bonds is 5. The van der Waals surface area contributed by atoms with E-state index in [9.17, 15) is 4.79 Å². The summed E-state index contributed by atoms with van der Waals surface area (Å²) >= 11 is 1.49. The van der Waals surface area contributed by atoms with Crippen LogP contribution in [0, 0.1) is 0 Å². The van der Waals surface area contributed by atoms with Crippen LogP contribution in [-0.2, 0) is 6.42 Å². The SMILES string of the molecule is O=C(c1cscn1)N1CCC2(CCCN2CCCc2ccccc2)C1. The number of hydrogen-bond acceptors (Lipinski definition) is 4. The van der Waals surface area contributed by atoms with Gasteiger partial charge in [-0.25, -0.2) is 4.98 Å². The van der Waals surface area contributed by atoms with Gasteiger partial charge in [0.1, 0.15) is 5.69 Å². The standard InChI is InChI=1S/C20H25N3OS/c24-19(18-14-25-16-21-18)22-13-10-20(15-22)9-5-12-23(20)11-4-8-17-6-2-1-3-7-17/h1-3,6-7,14,16H,4-5,8-13,15H2. The lowest BCUT2D eigenvalue weighted by atomic mass is 9.95. The number of amides is 1. The number of nitrogens with zero attached hydrogens (tertiary/aromatic N) is 3. The first-order chi connectivity index (χ1) is 12.3. The minimum absolute atomic E-state index is 0.106. The molecule has 4 rings (SSSR count). The molecule has 5 heteroatoms. The third kappa shape index (κ3) is 3.48. The predicted molar refractivity (Wildman–Crippen MR) is 101 cm³/mol. The van der Waals surface area contributed by atoms with Crippen LogP contribution in [0.4, 0.5) is 0 Å². The van der Waals surface area contributed by atoms with Gasteiger partial charge in [-0.15, -0.1) is 11.3 Å². The lowest BCUT2D eigenvalue weighted by Gasteiger charge is -2.35. The van der Waals surface area contributed by atoms with Crippen LogP contribution in [0.25, 0.3) is 0 Å². The van der Waals surface area contributed by atoms with Crippen molar-refractivity contribution in [2.45, 2.75) is 37.6 Å². The number of carbonyl (C=O) groups excluding carboxylic acids is 1. The van der Waals surface area contributed by atoms with Crippen molar-refractivity contribution in [3.63, 3.8) is 0 Å². The highest BCUT2D eigenvalue weighted by Crippen LogP contribution is 2.38. The van der Waals surface area contributed by atoms with E-state index in [1.165, 1.54) is 42.7 Å². The van der Waals surface area contributed by atoms with E-state index in [4.69, 9.17) is 0 Å². The number of thiazole rings is 1. The average Bonchev–Trinajstić information content (AvgIpc) is 3.39. The summed E-state index contributed by atoms with van der Waals surface area (Å²) in [6.07, 6.45) is 5.90. The monoisotopic (exact) mass is 355 g/mol. The van der Waals surface area contributed by atoms with Crippen molar-refractivity contribution in [2.75, 3.05) is 26.2 Å². The summed E-state index contributed by atoms with van der Waals surface area (Å²) in [7, 11) is 0. The second-order valence-corrected chi connectivity index (χ2v) is 7.97. The topological polar surface area (TPSA) is 36.4 Å². The molecule has 0 saturated carbocycles. The Morgan fingerprint density at radius 1 is 1.20 bits per heavy atom. The van der Waals surface area contributed by atoms with Crippen molar-refractivity contribution >= 4 is 17.2 Å². The van der Waals surface area contributed by atoms with Crippen molar-refractivity contribution in [1.82, 2.24) is 14.8 Å². The van der Waals surface area contributed by atoms with Gasteiger partial charge in [-0.1, -0.05) is 30.3 Å². The zero-order valence-corrected chi connectivity index (χ0v) is 15.4. The summed E-state index contributed by atoms with van der Waals surface area (Å²) in [5.41, 5.74) is 3.98. The number of aromatic nitrogens is 1. The summed E-state index contributed by atoms with van der Waals surface area (Å²) in [6.45, 7) is 4.04. The van der Waals surface area contributed by atoms with Gasteiger partial charge in [-0.3, -0.25) is 9.69 Å². The highest BCUT2D eigenvalue weighted by atomic mass is 32.1. The number of aryl methyl sites for hydroxylation is 1. The largest absolute Gasteiger partial charge is 0.335 e. The zero-order valence-electron chi connectivity index (χ0n) is 14.6. The van der Waals surface area contributed by atoms with Gasteiger partial charge in [0.15, 0.2) is 0 Å². The fraction of sp³-hybridized carbons (Fsp3) is 0.500. The van der Waals surface area contributed by atoms with Crippen LogP contribution in [0.5, 0.6) is 0 Å². The smallest absolute Gasteiger partial charge is 0.273 e. The number of benzene rings is 1. The molecule has 1 atom stereocenters. The average molecular weight is 356 g/mol. The first-order valence-corrected chi connectivity index (χ1v) is 10.2. The van der Waals surface area contributed by atoms with Crippen molar-refractivity contribution in [3.05, 3.63) is 52.5 Å². The molecule has 2 aliphatic heterocycles. The summed E-state index contributed by atoms with van der Waals surface area (Å²) < 4.78 is 0. The van der Waals surface area contributed by atoms with Crippen LogP contribution >= 0.6 is 11.3 Å². The fourth-order valence-corrected chi connectivity index (χ4v) is 4.96. The van der Waals surface area contributed by atoms with E-state index in [0.717, 1.165) is 32.5 Å². The number of carbonyl (C=O) groups is 1. The van der Waals surface area contributed by atoms with Crippen LogP contribution in [0.1, 0.15) is 41.7 Å². The van der Waals surface area contributed by atoms with Gasteiger partial charge >= 0.3 is 0 Å². The van der Waals surface area contributed by atoms with Crippen LogP contribution < -0.4 is 0 Å². The zero-order chi connectivity index (χ0) is 17.1. The van der Waals surface area contributed by atoms with E-state index < -0.39 is 0 Å². The predicted octanol–water partition coefficient (Wildman–Crippen LogP) is 3.46. The molecule has 1 unspecified atom stereocenters. The van der Waals surface area contributed by atoms with Crippen molar-refractivity contribution in [1.29, 1.82) is 0 Å². The minimum Gasteiger partial charge on any atom is -0.335 e. The molecule has 1 aromatic carbocycles. The highest BCUT2D eigenvalue weighted by molar-refractivity contribution is 7.07. The minimum atomic E-state index is 0.106. The Hall–Kier alpha value is -1.72. The molecule has 4 nitrogen and oxygen atoms in total. The quantitative estimate of drug-likeness (QED) is 0.824. The van der Waals surface area contributed by atoms with Crippen LogP contribution in [0.2, 0.25) is 0 Å². The van der Waals surface area contributed by atoms with Crippen molar-refractivity contribution in [3.8, 4) is 0 Å². The van der Waals surface area contributed by atoms with Crippen molar-refractivity contribution < 1.29 is 4.79 Å². The Balaban J connectivity index is 1.35. The van der Waals surface area contributed by atoms with Gasteiger partial charge < -0.3 is 4.90 Å². The summed E-state index contributed by atoms with van der Waals surface area (Å²) in [6, 6.07) is 10.7. The first-order valence-electron chi connectivity index (χ1n) is 9.23. The van der Waals surface area contributed by atoms with Gasteiger partial charge in [0.25, 0.3) is 5.91 Å². The maximum Gasteiger partial charge on any atom is 0.273 e. The molecule has 1 aromatic heterocycles.